The van der Waals surface area contributed by atoms with Crippen LogP contribution in [0.3, 0.4) is 0 Å². The Labute approximate surface area is 195 Å². The molecule has 0 unspecified atom stereocenters. The summed E-state index contributed by atoms with van der Waals surface area (Å²) >= 11 is 7.27. The van der Waals surface area contributed by atoms with Crippen LogP contribution in [0.2, 0.25) is 5.02 Å². The highest BCUT2D eigenvalue weighted by atomic mass is 35.5. The summed E-state index contributed by atoms with van der Waals surface area (Å²) in [7, 11) is 0. The van der Waals surface area contributed by atoms with Gasteiger partial charge in [0.25, 0.3) is 5.56 Å². The lowest BCUT2D eigenvalue weighted by Gasteiger charge is -2.10. The van der Waals surface area contributed by atoms with E-state index in [2.05, 4.69) is 20.2 Å². The van der Waals surface area contributed by atoms with Crippen LogP contribution in [-0.2, 0) is 5.75 Å². The van der Waals surface area contributed by atoms with Crippen molar-refractivity contribution in [2.45, 2.75) is 10.9 Å². The molecule has 0 saturated heterocycles. The van der Waals surface area contributed by atoms with Gasteiger partial charge in [-0.05, 0) is 66.7 Å². The molecule has 5 aromatic rings. The highest BCUT2D eigenvalue weighted by Crippen LogP contribution is 2.29. The van der Waals surface area contributed by atoms with E-state index in [4.69, 9.17) is 11.6 Å². The van der Waals surface area contributed by atoms with Crippen LogP contribution in [0.25, 0.3) is 28.0 Å². The molecule has 0 bridgehead atoms. The first-order valence-electron chi connectivity index (χ1n) is 9.76. The van der Waals surface area contributed by atoms with E-state index in [1.54, 1.807) is 47.0 Å². The third kappa shape index (κ3) is 4.37. The Morgan fingerprint density at radius 1 is 0.939 bits per heavy atom. The summed E-state index contributed by atoms with van der Waals surface area (Å²) in [6.45, 7) is 0. The Balaban J connectivity index is 1.52. The van der Waals surface area contributed by atoms with Crippen molar-refractivity contribution < 1.29 is 8.78 Å². The summed E-state index contributed by atoms with van der Waals surface area (Å²) in [6.07, 6.45) is 0. The first-order valence-corrected chi connectivity index (χ1v) is 11.1. The molecular weight excluding hydrogens is 468 g/mol. The van der Waals surface area contributed by atoms with Gasteiger partial charge in [-0.3, -0.25) is 9.36 Å². The average molecular weight is 482 g/mol. The van der Waals surface area contributed by atoms with Crippen molar-refractivity contribution in [2.75, 3.05) is 0 Å². The molecule has 164 valence electrons. The molecule has 3 aromatic carbocycles. The molecule has 10 heteroatoms. The van der Waals surface area contributed by atoms with E-state index in [1.165, 1.54) is 36.0 Å². The molecule has 5 rings (SSSR count). The molecule has 0 atom stereocenters. The fourth-order valence-corrected chi connectivity index (χ4v) is 4.33. The number of benzene rings is 3. The highest BCUT2D eigenvalue weighted by Gasteiger charge is 2.17. The van der Waals surface area contributed by atoms with Crippen LogP contribution < -0.4 is 5.56 Å². The minimum Gasteiger partial charge on any atom is -0.309 e. The van der Waals surface area contributed by atoms with E-state index >= 15 is 0 Å². The van der Waals surface area contributed by atoms with Gasteiger partial charge in [-0.2, -0.15) is 0 Å². The fraction of sp³-hybridized carbons (Fsp3) is 0.0435. The summed E-state index contributed by atoms with van der Waals surface area (Å²) in [5.41, 5.74) is 1.53. The predicted octanol–water partition coefficient (Wildman–Crippen LogP) is 5.39. The second kappa shape index (κ2) is 8.76. The van der Waals surface area contributed by atoms with Crippen LogP contribution in [0.1, 0.15) is 5.82 Å². The first-order chi connectivity index (χ1) is 16.0. The number of nitrogens with one attached hydrogen (secondary N) is 1. The quantitative estimate of drug-likeness (QED) is 0.340. The molecule has 2 aromatic heterocycles. The van der Waals surface area contributed by atoms with Crippen LogP contribution in [0.5, 0.6) is 0 Å². The van der Waals surface area contributed by atoms with Crippen molar-refractivity contribution in [1.29, 1.82) is 0 Å². The number of hydrogen-bond donors (Lipinski definition) is 1. The van der Waals surface area contributed by atoms with Gasteiger partial charge in [0.05, 0.1) is 16.7 Å². The lowest BCUT2D eigenvalue weighted by molar-refractivity contribution is 0.626. The fourth-order valence-electron chi connectivity index (χ4n) is 3.33. The number of nitrogens with zero attached hydrogens (tertiary/aromatic N) is 4. The van der Waals surface area contributed by atoms with E-state index in [0.29, 0.717) is 49.7 Å². The maximum absolute atomic E-state index is 13.5. The molecule has 0 fully saturated rings. The number of fused-ring (bicyclic) bond motifs is 1. The molecule has 0 radical (unpaired) electrons. The van der Waals surface area contributed by atoms with E-state index in [9.17, 15) is 13.6 Å². The van der Waals surface area contributed by atoms with E-state index in [1.807, 2.05) is 0 Å². The Morgan fingerprint density at radius 3 is 2.36 bits per heavy atom. The molecule has 0 aliphatic rings. The van der Waals surface area contributed by atoms with Gasteiger partial charge in [-0.1, -0.05) is 23.4 Å². The topological polar surface area (TPSA) is 76.5 Å². The standard InChI is InChI=1S/C23H14ClF2N5OS/c24-14-3-10-19-18(11-14)22(32)28-20(27-19)12-33-23-30-29-21(13-1-4-15(25)5-2-13)31(23)17-8-6-16(26)7-9-17/h1-11H,12H2,(H,27,28,32). The Bertz CT molecular complexity index is 1520. The van der Waals surface area contributed by atoms with Gasteiger partial charge in [0.2, 0.25) is 0 Å². The summed E-state index contributed by atoms with van der Waals surface area (Å²) in [6, 6.07) is 16.7. The largest absolute Gasteiger partial charge is 0.309 e. The molecule has 0 aliphatic carbocycles. The lowest BCUT2D eigenvalue weighted by atomic mass is 10.2. The van der Waals surface area contributed by atoms with Crippen molar-refractivity contribution in [3.8, 4) is 17.1 Å². The van der Waals surface area contributed by atoms with Crippen molar-refractivity contribution in [3.63, 3.8) is 0 Å². The van der Waals surface area contributed by atoms with E-state index in [-0.39, 0.29) is 17.2 Å². The minimum atomic E-state index is -0.373. The number of rotatable bonds is 5. The minimum absolute atomic E-state index is 0.287. The highest BCUT2D eigenvalue weighted by molar-refractivity contribution is 7.98. The predicted molar refractivity (Wildman–Crippen MR) is 124 cm³/mol. The van der Waals surface area contributed by atoms with E-state index < -0.39 is 0 Å². The second-order valence-corrected chi connectivity index (χ2v) is 8.47. The molecule has 0 spiro atoms. The number of aromatic amines is 1. The zero-order valence-corrected chi connectivity index (χ0v) is 18.4. The monoisotopic (exact) mass is 481 g/mol. The third-order valence-corrected chi connectivity index (χ3v) is 6.05. The van der Waals surface area contributed by atoms with Crippen LogP contribution in [0.15, 0.2) is 76.7 Å². The van der Waals surface area contributed by atoms with Crippen molar-refractivity contribution in [1.82, 2.24) is 24.7 Å². The number of hydrogen-bond acceptors (Lipinski definition) is 5. The van der Waals surface area contributed by atoms with Crippen molar-refractivity contribution >= 4 is 34.3 Å². The van der Waals surface area contributed by atoms with Gasteiger partial charge in [-0.25, -0.2) is 13.8 Å². The first kappa shape index (κ1) is 21.3. The van der Waals surface area contributed by atoms with Crippen LogP contribution in [-0.4, -0.2) is 24.7 Å². The molecule has 0 saturated carbocycles. The number of aromatic nitrogens is 5. The summed E-state index contributed by atoms with van der Waals surface area (Å²) < 4.78 is 28.7. The smallest absolute Gasteiger partial charge is 0.258 e. The van der Waals surface area contributed by atoms with Crippen LogP contribution in [0.4, 0.5) is 8.78 Å². The summed E-state index contributed by atoms with van der Waals surface area (Å²) in [5, 5.41) is 9.91. The molecule has 0 aliphatic heterocycles. The average Bonchev–Trinajstić information content (AvgIpc) is 3.23. The van der Waals surface area contributed by atoms with Crippen molar-refractivity contribution in [2.24, 2.45) is 0 Å². The zero-order valence-electron chi connectivity index (χ0n) is 16.8. The number of halogens is 3. The third-order valence-electron chi connectivity index (χ3n) is 4.88. The van der Waals surface area contributed by atoms with Gasteiger partial charge >= 0.3 is 0 Å². The number of H-pyrrole nitrogens is 1. The van der Waals surface area contributed by atoms with Crippen LogP contribution >= 0.6 is 23.4 Å². The SMILES string of the molecule is O=c1[nH]c(CSc2nnc(-c3ccc(F)cc3)n2-c2ccc(F)cc2)nc2ccc(Cl)cc12. The van der Waals surface area contributed by atoms with Crippen LogP contribution in [0, 0.1) is 11.6 Å². The van der Waals surface area contributed by atoms with Gasteiger partial charge in [0, 0.05) is 16.3 Å². The maximum atomic E-state index is 13.5. The molecule has 33 heavy (non-hydrogen) atoms. The molecule has 1 N–H and O–H groups in total. The molecule has 0 amide bonds. The summed E-state index contributed by atoms with van der Waals surface area (Å²) in [4.78, 5) is 19.7. The Hall–Kier alpha value is -3.56. The molecule has 6 nitrogen and oxygen atoms in total. The molecule has 2 heterocycles. The Kier molecular flexibility index (Phi) is 5.65. The second-order valence-electron chi connectivity index (χ2n) is 7.09. The summed E-state index contributed by atoms with van der Waals surface area (Å²) in [5.74, 6) is 0.489. The Morgan fingerprint density at radius 2 is 1.64 bits per heavy atom. The number of thioether (sulfide) groups is 1. The van der Waals surface area contributed by atoms with E-state index in [0.717, 1.165) is 0 Å². The van der Waals surface area contributed by atoms with Gasteiger partial charge < -0.3 is 4.98 Å². The van der Waals surface area contributed by atoms with Gasteiger partial charge in [-0.15, -0.1) is 10.2 Å². The maximum Gasteiger partial charge on any atom is 0.258 e. The van der Waals surface area contributed by atoms with Gasteiger partial charge in [0.1, 0.15) is 17.5 Å². The van der Waals surface area contributed by atoms with Crippen molar-refractivity contribution in [3.05, 3.63) is 99.6 Å². The lowest BCUT2D eigenvalue weighted by Crippen LogP contribution is -2.11. The normalized spacial score (nSPS) is 11.2. The molecular formula is C23H14ClF2N5OS. The van der Waals surface area contributed by atoms with Gasteiger partial charge in [0.15, 0.2) is 11.0 Å². The zero-order chi connectivity index (χ0) is 22.9.